The highest BCUT2D eigenvalue weighted by Gasteiger charge is 2.20. The van der Waals surface area contributed by atoms with Crippen LogP contribution in [0.4, 0.5) is 0 Å². The molecule has 0 amide bonds. The average molecular weight is 296 g/mol. The van der Waals surface area contributed by atoms with E-state index in [1.807, 2.05) is 14.1 Å². The molecular formula is C14H24N4O3. The van der Waals surface area contributed by atoms with E-state index in [-0.39, 0.29) is 12.1 Å². The number of aromatic nitrogens is 2. The standard InChI is InChI=1S/C14H24N4O3/c1-4-20-14(19)12-8-16-18(3)13(12)10-17(2)9-11-7-15-5-6-21-11/h8,11,15H,4-7,9-10H2,1-3H3. The van der Waals surface area contributed by atoms with Crippen LogP contribution in [0.15, 0.2) is 6.20 Å². The van der Waals surface area contributed by atoms with Gasteiger partial charge in [0.2, 0.25) is 0 Å². The summed E-state index contributed by atoms with van der Waals surface area (Å²) in [7, 11) is 3.85. The van der Waals surface area contributed by atoms with Gasteiger partial charge in [0.05, 0.1) is 31.2 Å². The van der Waals surface area contributed by atoms with Crippen molar-refractivity contribution in [2.45, 2.75) is 19.6 Å². The number of rotatable bonds is 6. The van der Waals surface area contributed by atoms with Gasteiger partial charge in [-0.05, 0) is 14.0 Å². The first-order chi connectivity index (χ1) is 10.1. The van der Waals surface area contributed by atoms with Crippen molar-refractivity contribution >= 4 is 5.97 Å². The molecule has 1 atom stereocenters. The molecule has 2 heterocycles. The number of likely N-dealkylation sites (N-methyl/N-ethyl adjacent to an activating group) is 1. The molecule has 2 rings (SSSR count). The summed E-state index contributed by atoms with van der Waals surface area (Å²) in [4.78, 5) is 14.1. The SMILES string of the molecule is CCOC(=O)c1cnn(C)c1CN(C)CC1CNCCO1. The van der Waals surface area contributed by atoms with Crippen molar-refractivity contribution in [3.8, 4) is 0 Å². The van der Waals surface area contributed by atoms with Crippen LogP contribution in [0.25, 0.3) is 0 Å². The van der Waals surface area contributed by atoms with Crippen molar-refractivity contribution < 1.29 is 14.3 Å². The third-order valence-corrected chi connectivity index (χ3v) is 3.50. The Morgan fingerprint density at radius 1 is 1.67 bits per heavy atom. The van der Waals surface area contributed by atoms with Crippen LogP contribution in [0, 0.1) is 0 Å². The maximum atomic E-state index is 11.9. The molecule has 1 aliphatic rings. The molecule has 0 bridgehead atoms. The third-order valence-electron chi connectivity index (χ3n) is 3.50. The van der Waals surface area contributed by atoms with Crippen molar-refractivity contribution in [1.82, 2.24) is 20.0 Å². The van der Waals surface area contributed by atoms with Crippen LogP contribution in [0.3, 0.4) is 0 Å². The van der Waals surface area contributed by atoms with Crippen LogP contribution in [-0.2, 0) is 23.1 Å². The average Bonchev–Trinajstić information content (AvgIpc) is 2.81. The summed E-state index contributed by atoms with van der Waals surface area (Å²) < 4.78 is 12.5. The molecule has 0 spiro atoms. The van der Waals surface area contributed by atoms with E-state index < -0.39 is 0 Å². The Morgan fingerprint density at radius 3 is 3.14 bits per heavy atom. The number of carbonyl (C=O) groups is 1. The van der Waals surface area contributed by atoms with E-state index in [1.54, 1.807) is 17.8 Å². The second-order valence-corrected chi connectivity index (χ2v) is 5.24. The quantitative estimate of drug-likeness (QED) is 0.746. The predicted molar refractivity (Wildman–Crippen MR) is 78.1 cm³/mol. The Labute approximate surface area is 125 Å². The first-order valence-electron chi connectivity index (χ1n) is 7.30. The highest BCUT2D eigenvalue weighted by molar-refractivity contribution is 5.90. The van der Waals surface area contributed by atoms with E-state index in [2.05, 4.69) is 15.3 Å². The Morgan fingerprint density at radius 2 is 2.48 bits per heavy atom. The van der Waals surface area contributed by atoms with Gasteiger partial charge in [-0.1, -0.05) is 0 Å². The molecule has 118 valence electrons. The lowest BCUT2D eigenvalue weighted by Crippen LogP contribution is -2.44. The van der Waals surface area contributed by atoms with E-state index in [0.29, 0.717) is 18.7 Å². The monoisotopic (exact) mass is 296 g/mol. The lowest BCUT2D eigenvalue weighted by Gasteiger charge is -2.28. The lowest BCUT2D eigenvalue weighted by atomic mass is 10.2. The number of nitrogens with zero attached hydrogens (tertiary/aromatic N) is 3. The third kappa shape index (κ3) is 4.26. The van der Waals surface area contributed by atoms with Crippen LogP contribution in [0.2, 0.25) is 0 Å². The first kappa shape index (κ1) is 15.9. The Balaban J connectivity index is 1.97. The summed E-state index contributed by atoms with van der Waals surface area (Å²) in [6.07, 6.45) is 1.75. The number of carbonyl (C=O) groups excluding carboxylic acids is 1. The summed E-state index contributed by atoms with van der Waals surface area (Å²) in [5.74, 6) is -0.315. The van der Waals surface area contributed by atoms with Crippen LogP contribution in [0.1, 0.15) is 23.0 Å². The number of morpholine rings is 1. The van der Waals surface area contributed by atoms with Crippen molar-refractivity contribution in [3.63, 3.8) is 0 Å². The zero-order chi connectivity index (χ0) is 15.2. The van der Waals surface area contributed by atoms with E-state index in [0.717, 1.165) is 31.9 Å². The number of hydrogen-bond acceptors (Lipinski definition) is 6. The molecule has 7 nitrogen and oxygen atoms in total. The summed E-state index contributed by atoms with van der Waals surface area (Å²) in [5.41, 5.74) is 1.40. The van der Waals surface area contributed by atoms with Crippen molar-refractivity contribution in [2.75, 3.05) is 39.9 Å². The molecule has 1 fully saturated rings. The molecule has 1 unspecified atom stereocenters. The van der Waals surface area contributed by atoms with E-state index in [4.69, 9.17) is 9.47 Å². The van der Waals surface area contributed by atoms with Crippen molar-refractivity contribution in [1.29, 1.82) is 0 Å². The molecular weight excluding hydrogens is 272 g/mol. The maximum Gasteiger partial charge on any atom is 0.341 e. The summed E-state index contributed by atoms with van der Waals surface area (Å²) in [6.45, 7) is 6.12. The highest BCUT2D eigenvalue weighted by Crippen LogP contribution is 2.12. The minimum absolute atomic E-state index is 0.183. The number of ether oxygens (including phenoxy) is 2. The van der Waals surface area contributed by atoms with E-state index in [1.165, 1.54) is 0 Å². The normalized spacial score (nSPS) is 19.0. The fourth-order valence-electron chi connectivity index (χ4n) is 2.43. The van der Waals surface area contributed by atoms with E-state index in [9.17, 15) is 4.79 Å². The van der Waals surface area contributed by atoms with Gasteiger partial charge in [0.25, 0.3) is 0 Å². The molecule has 1 saturated heterocycles. The first-order valence-corrected chi connectivity index (χ1v) is 7.30. The van der Waals surface area contributed by atoms with Crippen LogP contribution in [-0.4, -0.2) is 66.6 Å². The molecule has 7 heteroatoms. The zero-order valence-corrected chi connectivity index (χ0v) is 13.0. The smallest absolute Gasteiger partial charge is 0.341 e. The van der Waals surface area contributed by atoms with E-state index >= 15 is 0 Å². The van der Waals surface area contributed by atoms with Gasteiger partial charge in [0.15, 0.2) is 0 Å². The van der Waals surface area contributed by atoms with Crippen LogP contribution in [0.5, 0.6) is 0 Å². The van der Waals surface area contributed by atoms with Crippen molar-refractivity contribution in [2.24, 2.45) is 7.05 Å². The largest absolute Gasteiger partial charge is 0.462 e. The number of nitrogens with one attached hydrogen (secondary N) is 1. The number of aryl methyl sites for hydroxylation is 1. The molecule has 0 radical (unpaired) electrons. The zero-order valence-electron chi connectivity index (χ0n) is 13.0. The van der Waals surface area contributed by atoms with Crippen molar-refractivity contribution in [3.05, 3.63) is 17.5 Å². The second kappa shape index (κ2) is 7.53. The topological polar surface area (TPSA) is 68.6 Å². The molecule has 21 heavy (non-hydrogen) atoms. The van der Waals surface area contributed by atoms with Crippen LogP contribution < -0.4 is 5.32 Å². The van der Waals surface area contributed by atoms with Gasteiger partial charge in [0, 0.05) is 33.2 Å². The minimum atomic E-state index is -0.315. The predicted octanol–water partition coefficient (Wildman–Crippen LogP) is 0.0170. The number of hydrogen-bond donors (Lipinski definition) is 1. The summed E-state index contributed by atoms with van der Waals surface area (Å²) >= 11 is 0. The summed E-state index contributed by atoms with van der Waals surface area (Å²) in [5, 5.41) is 7.48. The maximum absolute atomic E-state index is 11.9. The molecule has 1 aliphatic heterocycles. The minimum Gasteiger partial charge on any atom is -0.462 e. The molecule has 1 aromatic rings. The Hall–Kier alpha value is -1.44. The Bertz CT molecular complexity index is 469. The summed E-state index contributed by atoms with van der Waals surface area (Å²) in [6, 6.07) is 0. The fourth-order valence-corrected chi connectivity index (χ4v) is 2.43. The number of esters is 1. The molecule has 0 aliphatic carbocycles. The lowest BCUT2D eigenvalue weighted by molar-refractivity contribution is 0.00845. The molecule has 1 aromatic heterocycles. The molecule has 1 N–H and O–H groups in total. The van der Waals surface area contributed by atoms with Gasteiger partial charge in [0.1, 0.15) is 5.56 Å². The second-order valence-electron chi connectivity index (χ2n) is 5.24. The Kier molecular flexibility index (Phi) is 5.72. The van der Waals surface area contributed by atoms with Gasteiger partial charge >= 0.3 is 5.97 Å². The van der Waals surface area contributed by atoms with Gasteiger partial charge in [-0.3, -0.25) is 9.58 Å². The van der Waals surface area contributed by atoms with Gasteiger partial charge < -0.3 is 14.8 Å². The van der Waals surface area contributed by atoms with Gasteiger partial charge in [-0.2, -0.15) is 5.10 Å². The van der Waals surface area contributed by atoms with Crippen LogP contribution >= 0.6 is 0 Å². The molecule has 0 aromatic carbocycles. The highest BCUT2D eigenvalue weighted by atomic mass is 16.5. The fraction of sp³-hybridized carbons (Fsp3) is 0.714. The van der Waals surface area contributed by atoms with Gasteiger partial charge in [-0.25, -0.2) is 4.79 Å². The van der Waals surface area contributed by atoms with Gasteiger partial charge in [-0.15, -0.1) is 0 Å². The molecule has 0 saturated carbocycles.